The highest BCUT2D eigenvalue weighted by atomic mass is 16.2. The van der Waals surface area contributed by atoms with Crippen molar-refractivity contribution in [2.75, 3.05) is 6.54 Å². The summed E-state index contributed by atoms with van der Waals surface area (Å²) in [7, 11) is 0. The van der Waals surface area contributed by atoms with Gasteiger partial charge in [0.05, 0.1) is 11.1 Å². The van der Waals surface area contributed by atoms with Crippen molar-refractivity contribution in [2.45, 2.75) is 31.8 Å². The summed E-state index contributed by atoms with van der Waals surface area (Å²) >= 11 is 0. The van der Waals surface area contributed by atoms with Gasteiger partial charge in [0.15, 0.2) is 0 Å². The Hall–Kier alpha value is -3.64. The van der Waals surface area contributed by atoms with E-state index in [1.807, 2.05) is 54.9 Å². The Morgan fingerprint density at radius 3 is 2.47 bits per heavy atom. The van der Waals surface area contributed by atoms with Gasteiger partial charge in [0.25, 0.3) is 11.8 Å². The maximum Gasteiger partial charge on any atom is 0.259 e. The van der Waals surface area contributed by atoms with Crippen molar-refractivity contribution >= 4 is 44.8 Å². The highest BCUT2D eigenvalue weighted by Gasteiger charge is 2.35. The second-order valence-electron chi connectivity index (χ2n) is 8.62. The van der Waals surface area contributed by atoms with Crippen LogP contribution in [0.2, 0.25) is 0 Å². The lowest BCUT2D eigenvalue weighted by molar-refractivity contribution is -0.122. The molecule has 0 radical (unpaired) electrons. The molecular weight excluding hydrogens is 400 g/mol. The first kappa shape index (κ1) is 19.1. The molecule has 2 aliphatic rings. The molecule has 2 aromatic heterocycles. The first-order valence-corrected chi connectivity index (χ1v) is 11.2. The molecule has 4 heterocycles. The van der Waals surface area contributed by atoms with Crippen LogP contribution >= 0.6 is 0 Å². The molecule has 0 bridgehead atoms. The fourth-order valence-corrected chi connectivity index (χ4v) is 5.18. The molecule has 1 saturated heterocycles. The number of hydrogen-bond donors (Lipinski definition) is 3. The van der Waals surface area contributed by atoms with E-state index in [1.165, 1.54) is 12.8 Å². The average Bonchev–Trinajstić information content (AvgIpc) is 3.58. The summed E-state index contributed by atoms with van der Waals surface area (Å²) in [5, 5.41) is 8.01. The number of carbonyl (C=O) groups is 2. The highest BCUT2D eigenvalue weighted by Crippen LogP contribution is 2.38. The summed E-state index contributed by atoms with van der Waals surface area (Å²) in [5.74, 6) is -0.683. The minimum atomic E-state index is -0.346. The summed E-state index contributed by atoms with van der Waals surface area (Å²) in [6.07, 6.45) is 7.34. The van der Waals surface area contributed by atoms with Crippen molar-refractivity contribution in [1.82, 2.24) is 20.2 Å². The molecule has 3 N–H and O–H groups in total. The number of aromatic amines is 1. The minimum Gasteiger partial charge on any atom is -0.361 e. The summed E-state index contributed by atoms with van der Waals surface area (Å²) in [5.41, 5.74) is 4.47. The van der Waals surface area contributed by atoms with Gasteiger partial charge in [-0.05, 0) is 37.9 Å². The van der Waals surface area contributed by atoms with Crippen molar-refractivity contribution in [3.05, 3.63) is 72.1 Å². The highest BCUT2D eigenvalue weighted by molar-refractivity contribution is 6.50. The maximum atomic E-state index is 13.0. The van der Waals surface area contributed by atoms with Crippen LogP contribution in [0.3, 0.4) is 0 Å². The normalized spacial score (nSPS) is 18.9. The van der Waals surface area contributed by atoms with Crippen LogP contribution in [0.15, 0.2) is 60.9 Å². The molecule has 1 atom stereocenters. The largest absolute Gasteiger partial charge is 0.361 e. The number of benzene rings is 2. The van der Waals surface area contributed by atoms with Gasteiger partial charge < -0.3 is 14.9 Å². The van der Waals surface area contributed by atoms with Gasteiger partial charge >= 0.3 is 0 Å². The molecule has 32 heavy (non-hydrogen) atoms. The maximum absolute atomic E-state index is 13.0. The van der Waals surface area contributed by atoms with Crippen LogP contribution in [0, 0.1) is 0 Å². The first-order valence-electron chi connectivity index (χ1n) is 11.2. The number of H-pyrrole nitrogens is 1. The minimum absolute atomic E-state index is 0.337. The van der Waals surface area contributed by atoms with Crippen LogP contribution in [-0.4, -0.2) is 34.0 Å². The average molecular weight is 425 g/mol. The molecule has 2 aliphatic heterocycles. The first-order chi connectivity index (χ1) is 15.7. The number of hydrogen-bond acceptors (Lipinski definition) is 3. The lowest BCUT2D eigenvalue weighted by Crippen LogP contribution is -2.23. The van der Waals surface area contributed by atoms with Crippen LogP contribution in [-0.2, 0) is 16.1 Å². The third-order valence-corrected chi connectivity index (χ3v) is 6.73. The van der Waals surface area contributed by atoms with E-state index in [0.717, 1.165) is 52.4 Å². The van der Waals surface area contributed by atoms with E-state index in [-0.39, 0.29) is 11.8 Å². The van der Waals surface area contributed by atoms with Crippen molar-refractivity contribution in [3.63, 3.8) is 0 Å². The second kappa shape index (κ2) is 7.50. The van der Waals surface area contributed by atoms with Crippen molar-refractivity contribution in [1.29, 1.82) is 0 Å². The number of para-hydroxylation sites is 2. The number of carbonyl (C=O) groups excluding carboxylic acids is 2. The molecule has 2 aromatic carbocycles. The molecule has 1 unspecified atom stereocenters. The number of fused-ring (bicyclic) bond motifs is 2. The Balaban J connectivity index is 1.51. The molecular formula is C26H24N4O2. The molecule has 0 aliphatic carbocycles. The van der Waals surface area contributed by atoms with Crippen LogP contribution in [0.25, 0.3) is 33.0 Å². The van der Waals surface area contributed by atoms with Gasteiger partial charge in [0, 0.05) is 57.9 Å². The molecule has 1 fully saturated rings. The van der Waals surface area contributed by atoms with Crippen LogP contribution in [0.5, 0.6) is 0 Å². The number of aryl methyl sites for hydroxylation is 1. The fraction of sp³-hybridized carbons (Fsp3) is 0.231. The SMILES string of the molecule is O=C1NC(=O)C(c2cn(CCC3CCCN3)c3ccccc23)=C1c1c[nH]c2ccccc12. The number of rotatable bonds is 5. The molecule has 6 nitrogen and oxygen atoms in total. The van der Waals surface area contributed by atoms with E-state index in [4.69, 9.17) is 0 Å². The lowest BCUT2D eigenvalue weighted by Gasteiger charge is -2.11. The monoisotopic (exact) mass is 424 g/mol. The third kappa shape index (κ3) is 2.99. The standard InChI is InChI=1S/C26H24N4O2/c31-25-23(19-14-28-21-9-3-1-7-17(19)21)24(26(32)29-25)20-15-30(13-11-16-6-5-12-27-16)22-10-4-2-8-18(20)22/h1-4,7-10,14-16,27-28H,5-6,11-13H2,(H,29,31,32). The Kier molecular flexibility index (Phi) is 4.47. The van der Waals surface area contributed by atoms with Gasteiger partial charge in [-0.3, -0.25) is 14.9 Å². The van der Waals surface area contributed by atoms with Gasteiger partial charge in [0.2, 0.25) is 0 Å². The molecule has 6 rings (SSSR count). The number of nitrogens with one attached hydrogen (secondary N) is 3. The van der Waals surface area contributed by atoms with Crippen molar-refractivity contribution in [2.24, 2.45) is 0 Å². The Bertz CT molecular complexity index is 1400. The van der Waals surface area contributed by atoms with Gasteiger partial charge in [-0.2, -0.15) is 0 Å². The molecule has 160 valence electrons. The molecule has 4 aromatic rings. The van der Waals surface area contributed by atoms with Gasteiger partial charge in [-0.25, -0.2) is 0 Å². The zero-order valence-electron chi connectivity index (χ0n) is 17.7. The van der Waals surface area contributed by atoms with Crippen LogP contribution in [0.4, 0.5) is 0 Å². The van der Waals surface area contributed by atoms with E-state index in [9.17, 15) is 9.59 Å². The molecule has 2 amide bonds. The van der Waals surface area contributed by atoms with Crippen molar-refractivity contribution < 1.29 is 9.59 Å². The molecule has 0 spiro atoms. The Morgan fingerprint density at radius 2 is 1.66 bits per heavy atom. The third-order valence-electron chi connectivity index (χ3n) is 6.73. The second-order valence-corrected chi connectivity index (χ2v) is 8.62. The Labute approximate surface area is 185 Å². The summed E-state index contributed by atoms with van der Waals surface area (Å²) in [6, 6.07) is 16.5. The van der Waals surface area contributed by atoms with Crippen LogP contribution in [0.1, 0.15) is 30.4 Å². The van der Waals surface area contributed by atoms with Crippen LogP contribution < -0.4 is 10.6 Å². The lowest BCUT2D eigenvalue weighted by atomic mass is 9.95. The zero-order valence-corrected chi connectivity index (χ0v) is 17.7. The number of aromatic nitrogens is 2. The topological polar surface area (TPSA) is 78.9 Å². The summed E-state index contributed by atoms with van der Waals surface area (Å²) in [4.78, 5) is 29.2. The van der Waals surface area contributed by atoms with E-state index in [0.29, 0.717) is 17.2 Å². The molecule has 0 saturated carbocycles. The van der Waals surface area contributed by atoms with E-state index in [2.05, 4.69) is 26.3 Å². The predicted molar refractivity (Wildman–Crippen MR) is 126 cm³/mol. The summed E-state index contributed by atoms with van der Waals surface area (Å²) in [6.45, 7) is 1.95. The van der Waals surface area contributed by atoms with E-state index < -0.39 is 0 Å². The number of imide groups is 1. The Morgan fingerprint density at radius 1 is 0.906 bits per heavy atom. The van der Waals surface area contributed by atoms with Gasteiger partial charge in [-0.1, -0.05) is 36.4 Å². The zero-order chi connectivity index (χ0) is 21.7. The van der Waals surface area contributed by atoms with Crippen molar-refractivity contribution in [3.8, 4) is 0 Å². The van der Waals surface area contributed by atoms with E-state index >= 15 is 0 Å². The number of nitrogens with zero attached hydrogens (tertiary/aromatic N) is 1. The van der Waals surface area contributed by atoms with Gasteiger partial charge in [-0.15, -0.1) is 0 Å². The van der Waals surface area contributed by atoms with Gasteiger partial charge in [0.1, 0.15) is 0 Å². The van der Waals surface area contributed by atoms with E-state index in [1.54, 1.807) is 0 Å². The predicted octanol–water partition coefficient (Wildman–Crippen LogP) is 3.83. The quantitative estimate of drug-likeness (QED) is 0.426. The smallest absolute Gasteiger partial charge is 0.259 e. The fourth-order valence-electron chi connectivity index (χ4n) is 5.18. The molecule has 6 heteroatoms. The summed E-state index contributed by atoms with van der Waals surface area (Å²) < 4.78 is 2.22. The number of amides is 2.